The Morgan fingerprint density at radius 3 is 2.41 bits per heavy atom. The Morgan fingerprint density at radius 2 is 1.79 bits per heavy atom. The van der Waals surface area contributed by atoms with Crippen LogP contribution in [0.1, 0.15) is 36.4 Å². The van der Waals surface area contributed by atoms with Crippen LogP contribution in [0, 0.1) is 11.7 Å². The van der Waals surface area contributed by atoms with E-state index in [1.165, 1.54) is 17.1 Å². The summed E-state index contributed by atoms with van der Waals surface area (Å²) in [5, 5.41) is 6.17. The molecule has 2 heterocycles. The van der Waals surface area contributed by atoms with E-state index in [1.54, 1.807) is 32.4 Å². The van der Waals surface area contributed by atoms with E-state index in [1.807, 2.05) is 17.0 Å². The smallest absolute Gasteiger partial charge is 0.257 e. The minimum Gasteiger partial charge on any atom is -0.497 e. The number of rotatable bonds is 7. The molecule has 2 aromatic carbocycles. The van der Waals surface area contributed by atoms with Crippen LogP contribution < -0.4 is 15.2 Å². The molecular formula is C25H29FN4O4. The fraction of sp³-hybridized carbons (Fsp3) is 0.400. The van der Waals surface area contributed by atoms with E-state index < -0.39 is 0 Å². The molecule has 180 valence electrons. The van der Waals surface area contributed by atoms with Crippen LogP contribution in [0.5, 0.6) is 11.5 Å². The molecule has 9 heteroatoms. The van der Waals surface area contributed by atoms with Gasteiger partial charge in [0.05, 0.1) is 32.5 Å². The predicted molar refractivity (Wildman–Crippen MR) is 125 cm³/mol. The molecule has 2 amide bonds. The minimum absolute atomic E-state index is 0.141. The Kier molecular flexibility index (Phi) is 7.12. The Hall–Kier alpha value is -3.46. The monoisotopic (exact) mass is 468 g/mol. The van der Waals surface area contributed by atoms with E-state index in [-0.39, 0.29) is 36.1 Å². The average Bonchev–Trinajstić information content (AvgIpc) is 3.29. The van der Waals surface area contributed by atoms with Gasteiger partial charge in [-0.25, -0.2) is 9.40 Å². The maximum Gasteiger partial charge on any atom is 0.257 e. The number of primary amides is 1. The van der Waals surface area contributed by atoms with Gasteiger partial charge in [-0.05, 0) is 55.8 Å². The zero-order valence-electron chi connectivity index (χ0n) is 19.4. The number of ether oxygens (including phenoxy) is 2. The second-order valence-electron chi connectivity index (χ2n) is 8.57. The molecule has 34 heavy (non-hydrogen) atoms. The molecule has 2 aliphatic rings. The van der Waals surface area contributed by atoms with Crippen molar-refractivity contribution in [3.8, 4) is 11.5 Å². The van der Waals surface area contributed by atoms with Gasteiger partial charge in [0.2, 0.25) is 5.91 Å². The molecule has 1 saturated heterocycles. The lowest BCUT2D eigenvalue weighted by atomic mass is 9.96. The summed E-state index contributed by atoms with van der Waals surface area (Å²) < 4.78 is 24.4. The predicted octanol–water partition coefficient (Wildman–Crippen LogP) is 2.72. The number of amides is 2. The summed E-state index contributed by atoms with van der Waals surface area (Å²) in [6.07, 6.45) is 1.74. The lowest BCUT2D eigenvalue weighted by Crippen LogP contribution is -2.44. The van der Waals surface area contributed by atoms with Gasteiger partial charge >= 0.3 is 0 Å². The number of hydrogen-bond acceptors (Lipinski definition) is 6. The number of carbonyl (C=O) groups excluding carboxylic acids is 2. The molecule has 8 nitrogen and oxygen atoms in total. The summed E-state index contributed by atoms with van der Waals surface area (Å²) in [6.45, 7) is 1.43. The van der Waals surface area contributed by atoms with Crippen molar-refractivity contribution >= 4 is 17.5 Å². The van der Waals surface area contributed by atoms with Gasteiger partial charge in [-0.1, -0.05) is 12.1 Å². The molecule has 2 N–H and O–H groups in total. The molecule has 0 radical (unpaired) electrons. The second kappa shape index (κ2) is 10.2. The van der Waals surface area contributed by atoms with Crippen LogP contribution >= 0.6 is 0 Å². The quantitative estimate of drug-likeness (QED) is 0.674. The van der Waals surface area contributed by atoms with Crippen LogP contribution in [0.3, 0.4) is 0 Å². The highest BCUT2D eigenvalue weighted by Gasteiger charge is 2.36. The number of hydrazone groups is 1. The lowest BCUT2D eigenvalue weighted by Gasteiger charge is -2.31. The van der Waals surface area contributed by atoms with Gasteiger partial charge in [-0.15, -0.1) is 0 Å². The summed E-state index contributed by atoms with van der Waals surface area (Å²) in [5.74, 6) is 0.331. The summed E-state index contributed by atoms with van der Waals surface area (Å²) in [6, 6.07) is 11.2. The van der Waals surface area contributed by atoms with Crippen molar-refractivity contribution < 1.29 is 23.5 Å². The number of benzene rings is 2. The van der Waals surface area contributed by atoms with Crippen LogP contribution in [0.4, 0.5) is 4.39 Å². The molecule has 0 saturated carbocycles. The summed E-state index contributed by atoms with van der Waals surface area (Å²) in [4.78, 5) is 26.9. The molecular weight excluding hydrogens is 439 g/mol. The van der Waals surface area contributed by atoms with Gasteiger partial charge in [-0.3, -0.25) is 14.5 Å². The van der Waals surface area contributed by atoms with Crippen molar-refractivity contribution in [3.05, 3.63) is 59.4 Å². The van der Waals surface area contributed by atoms with Crippen LogP contribution in [-0.4, -0.2) is 61.3 Å². The SMILES string of the molecule is COc1ccc([C@@H]2CC(c3ccc(F)cc3)=NN2C(=O)CN2CCC(C(N)=O)CC2)c(OC)c1. The summed E-state index contributed by atoms with van der Waals surface area (Å²) in [5.41, 5.74) is 7.70. The Labute approximate surface area is 198 Å². The molecule has 4 rings (SSSR count). The van der Waals surface area contributed by atoms with Crippen molar-refractivity contribution in [1.82, 2.24) is 9.91 Å². The number of piperidine rings is 1. The first-order valence-corrected chi connectivity index (χ1v) is 11.3. The normalized spacial score (nSPS) is 19.1. The first-order valence-electron chi connectivity index (χ1n) is 11.3. The number of likely N-dealkylation sites (tertiary alicyclic amines) is 1. The fourth-order valence-corrected chi connectivity index (χ4v) is 4.53. The number of methoxy groups -OCH3 is 2. The van der Waals surface area contributed by atoms with Crippen molar-refractivity contribution in [1.29, 1.82) is 0 Å². The van der Waals surface area contributed by atoms with Gasteiger partial charge in [-0.2, -0.15) is 5.10 Å². The third-order valence-corrected chi connectivity index (χ3v) is 6.49. The van der Waals surface area contributed by atoms with Gasteiger partial charge in [0.1, 0.15) is 17.3 Å². The molecule has 0 unspecified atom stereocenters. The Bertz CT molecular complexity index is 1080. The van der Waals surface area contributed by atoms with Gasteiger partial charge in [0.25, 0.3) is 5.91 Å². The first kappa shape index (κ1) is 23.7. The molecule has 1 fully saturated rings. The molecule has 1 atom stereocenters. The molecule has 2 aromatic rings. The Morgan fingerprint density at radius 1 is 1.09 bits per heavy atom. The van der Waals surface area contributed by atoms with Crippen molar-refractivity contribution in [2.75, 3.05) is 33.9 Å². The molecule has 0 spiro atoms. The molecule has 0 aliphatic carbocycles. The number of halogens is 1. The largest absolute Gasteiger partial charge is 0.497 e. The van der Waals surface area contributed by atoms with Crippen LogP contribution in [0.25, 0.3) is 0 Å². The zero-order chi connectivity index (χ0) is 24.2. The summed E-state index contributed by atoms with van der Waals surface area (Å²) in [7, 11) is 3.15. The van der Waals surface area contributed by atoms with E-state index >= 15 is 0 Å². The fourth-order valence-electron chi connectivity index (χ4n) is 4.53. The van der Waals surface area contributed by atoms with Crippen molar-refractivity contribution in [3.63, 3.8) is 0 Å². The molecule has 0 bridgehead atoms. The molecule has 0 aromatic heterocycles. The topological polar surface area (TPSA) is 97.5 Å². The van der Waals surface area contributed by atoms with Crippen LogP contribution in [0.15, 0.2) is 47.6 Å². The third-order valence-electron chi connectivity index (χ3n) is 6.49. The third kappa shape index (κ3) is 5.04. The maximum atomic E-state index is 13.5. The summed E-state index contributed by atoms with van der Waals surface area (Å²) >= 11 is 0. The Balaban J connectivity index is 1.59. The highest BCUT2D eigenvalue weighted by Crippen LogP contribution is 2.39. The van der Waals surface area contributed by atoms with Gasteiger partial charge < -0.3 is 15.2 Å². The van der Waals surface area contributed by atoms with E-state index in [2.05, 4.69) is 5.10 Å². The standard InChI is InChI=1S/C25H29FN4O4/c1-33-19-7-8-20(23(13-19)34-2)22-14-21(16-3-5-18(26)6-4-16)28-30(22)24(31)15-29-11-9-17(10-12-29)25(27)32/h3-8,13,17,22H,9-12,14-15H2,1-2H3,(H2,27,32)/t22-/m0/s1. The van der Waals surface area contributed by atoms with E-state index in [0.29, 0.717) is 49.6 Å². The van der Waals surface area contributed by atoms with Gasteiger partial charge in [0, 0.05) is 24.0 Å². The highest BCUT2D eigenvalue weighted by atomic mass is 19.1. The average molecular weight is 469 g/mol. The van der Waals surface area contributed by atoms with E-state index in [0.717, 1.165) is 11.1 Å². The number of hydrogen-bond donors (Lipinski definition) is 1. The minimum atomic E-state index is -0.378. The first-order chi connectivity index (χ1) is 16.4. The maximum absolute atomic E-state index is 13.5. The van der Waals surface area contributed by atoms with E-state index in [4.69, 9.17) is 15.2 Å². The number of nitrogens with two attached hydrogens (primary N) is 1. The van der Waals surface area contributed by atoms with Crippen molar-refractivity contribution in [2.45, 2.75) is 25.3 Å². The van der Waals surface area contributed by atoms with E-state index in [9.17, 15) is 14.0 Å². The molecule has 2 aliphatic heterocycles. The number of nitrogens with zero attached hydrogens (tertiary/aromatic N) is 3. The zero-order valence-corrected chi connectivity index (χ0v) is 19.4. The second-order valence-corrected chi connectivity index (χ2v) is 8.57. The number of carbonyl (C=O) groups is 2. The lowest BCUT2D eigenvalue weighted by molar-refractivity contribution is -0.134. The van der Waals surface area contributed by atoms with Crippen LogP contribution in [-0.2, 0) is 9.59 Å². The van der Waals surface area contributed by atoms with Crippen LogP contribution in [0.2, 0.25) is 0 Å². The highest BCUT2D eigenvalue weighted by molar-refractivity contribution is 6.03. The van der Waals surface area contributed by atoms with Crippen molar-refractivity contribution in [2.24, 2.45) is 16.8 Å². The van der Waals surface area contributed by atoms with Gasteiger partial charge in [0.15, 0.2) is 0 Å².